The van der Waals surface area contributed by atoms with Gasteiger partial charge in [0.25, 0.3) is 0 Å². The quantitative estimate of drug-likeness (QED) is 0.679. The van der Waals surface area contributed by atoms with Crippen molar-refractivity contribution in [3.8, 4) is 0 Å². The van der Waals surface area contributed by atoms with Crippen LogP contribution < -0.4 is 10.6 Å². The van der Waals surface area contributed by atoms with Gasteiger partial charge in [-0.05, 0) is 19.3 Å². The molecule has 3 amide bonds. The van der Waals surface area contributed by atoms with E-state index < -0.39 is 0 Å². The third-order valence-electron chi connectivity index (χ3n) is 3.70. The van der Waals surface area contributed by atoms with Crippen LogP contribution >= 0.6 is 0 Å². The summed E-state index contributed by atoms with van der Waals surface area (Å²) < 4.78 is 0. The van der Waals surface area contributed by atoms with Gasteiger partial charge in [-0.3, -0.25) is 14.4 Å². The number of likely N-dealkylation sites (N-methyl/N-ethyl adjacent to an activating group) is 1. The van der Waals surface area contributed by atoms with Gasteiger partial charge in [-0.25, -0.2) is 0 Å². The molecule has 2 N–H and O–H groups in total. The largest absolute Gasteiger partial charge is 0.357 e. The molecule has 0 radical (unpaired) electrons. The minimum atomic E-state index is -0.333. The molecule has 0 aromatic rings. The molecule has 6 heteroatoms. The van der Waals surface area contributed by atoms with E-state index in [1.807, 2.05) is 0 Å². The SMILES string of the molecule is CNC(=O)C1CCCN1C(=O)C1CCC(=O)NC1. The number of nitrogens with zero attached hydrogens (tertiary/aromatic N) is 1. The van der Waals surface area contributed by atoms with Gasteiger partial charge < -0.3 is 15.5 Å². The Morgan fingerprint density at radius 1 is 1.39 bits per heavy atom. The standard InChI is InChI=1S/C12H19N3O3/c1-13-11(17)9-3-2-6-15(9)12(18)8-4-5-10(16)14-7-8/h8-9H,2-7H2,1H3,(H,13,17)(H,14,16). The Bertz CT molecular complexity index is 360. The van der Waals surface area contributed by atoms with Gasteiger partial charge in [0.2, 0.25) is 17.7 Å². The van der Waals surface area contributed by atoms with E-state index in [-0.39, 0.29) is 29.7 Å². The second-order valence-electron chi connectivity index (χ2n) is 4.84. The lowest BCUT2D eigenvalue weighted by Gasteiger charge is -2.29. The Hall–Kier alpha value is -1.59. The van der Waals surface area contributed by atoms with Gasteiger partial charge in [0.15, 0.2) is 0 Å². The summed E-state index contributed by atoms with van der Waals surface area (Å²) in [6.45, 7) is 1.04. The Morgan fingerprint density at radius 2 is 2.17 bits per heavy atom. The van der Waals surface area contributed by atoms with E-state index in [9.17, 15) is 14.4 Å². The summed E-state index contributed by atoms with van der Waals surface area (Å²) >= 11 is 0. The highest BCUT2D eigenvalue weighted by Crippen LogP contribution is 2.22. The van der Waals surface area contributed by atoms with Gasteiger partial charge in [-0.2, -0.15) is 0 Å². The molecule has 0 aliphatic carbocycles. The monoisotopic (exact) mass is 253 g/mol. The third-order valence-corrected chi connectivity index (χ3v) is 3.70. The topological polar surface area (TPSA) is 78.5 Å². The lowest BCUT2D eigenvalue weighted by atomic mass is 9.97. The molecule has 2 atom stereocenters. The van der Waals surface area contributed by atoms with Crippen molar-refractivity contribution in [3.63, 3.8) is 0 Å². The van der Waals surface area contributed by atoms with Gasteiger partial charge in [0, 0.05) is 26.6 Å². The highest BCUT2D eigenvalue weighted by Gasteiger charge is 2.37. The first-order valence-corrected chi connectivity index (χ1v) is 6.42. The van der Waals surface area contributed by atoms with Gasteiger partial charge >= 0.3 is 0 Å². The Morgan fingerprint density at radius 3 is 2.78 bits per heavy atom. The summed E-state index contributed by atoms with van der Waals surface area (Å²) in [5.74, 6) is -0.266. The van der Waals surface area contributed by atoms with Crippen LogP contribution in [0.3, 0.4) is 0 Å². The summed E-state index contributed by atoms with van der Waals surface area (Å²) in [7, 11) is 1.59. The molecule has 18 heavy (non-hydrogen) atoms. The number of carbonyl (C=O) groups is 3. The molecule has 100 valence electrons. The molecule has 6 nitrogen and oxygen atoms in total. The van der Waals surface area contributed by atoms with E-state index in [0.29, 0.717) is 25.9 Å². The molecule has 0 bridgehead atoms. The van der Waals surface area contributed by atoms with E-state index in [2.05, 4.69) is 10.6 Å². The van der Waals surface area contributed by atoms with Gasteiger partial charge in [0.1, 0.15) is 6.04 Å². The normalized spacial score (nSPS) is 27.8. The van der Waals surface area contributed by atoms with Gasteiger partial charge in [-0.1, -0.05) is 0 Å². The van der Waals surface area contributed by atoms with Gasteiger partial charge in [-0.15, -0.1) is 0 Å². The number of amides is 3. The van der Waals surface area contributed by atoms with Crippen molar-refractivity contribution in [1.82, 2.24) is 15.5 Å². The van der Waals surface area contributed by atoms with Crippen LogP contribution in [0.15, 0.2) is 0 Å². The van der Waals surface area contributed by atoms with Crippen molar-refractivity contribution in [2.75, 3.05) is 20.1 Å². The second-order valence-corrected chi connectivity index (χ2v) is 4.84. The molecule has 2 aliphatic heterocycles. The van der Waals surface area contributed by atoms with Crippen LogP contribution in [0.4, 0.5) is 0 Å². The summed E-state index contributed by atoms with van der Waals surface area (Å²) in [6.07, 6.45) is 2.57. The molecule has 2 heterocycles. The average Bonchev–Trinajstić information content (AvgIpc) is 2.87. The van der Waals surface area contributed by atoms with Crippen molar-refractivity contribution in [2.24, 2.45) is 5.92 Å². The number of rotatable bonds is 2. The third kappa shape index (κ3) is 2.47. The average molecular weight is 253 g/mol. The fourth-order valence-electron chi connectivity index (χ4n) is 2.65. The van der Waals surface area contributed by atoms with Crippen LogP contribution in [-0.4, -0.2) is 48.8 Å². The molecule has 0 spiro atoms. The zero-order valence-corrected chi connectivity index (χ0v) is 10.6. The first-order chi connectivity index (χ1) is 8.63. The Kier molecular flexibility index (Phi) is 3.84. The van der Waals surface area contributed by atoms with E-state index in [1.165, 1.54) is 0 Å². The maximum Gasteiger partial charge on any atom is 0.242 e. The van der Waals surface area contributed by atoms with Crippen molar-refractivity contribution >= 4 is 17.7 Å². The molecule has 0 aromatic carbocycles. The van der Waals surface area contributed by atoms with Crippen LogP contribution in [0.1, 0.15) is 25.7 Å². The zero-order chi connectivity index (χ0) is 13.1. The molecular formula is C12H19N3O3. The second kappa shape index (κ2) is 5.37. The van der Waals surface area contributed by atoms with Crippen LogP contribution in [0, 0.1) is 5.92 Å². The summed E-state index contributed by atoms with van der Waals surface area (Å²) in [6, 6.07) is -0.333. The van der Waals surface area contributed by atoms with Crippen LogP contribution in [0.25, 0.3) is 0 Å². The predicted molar refractivity (Wildman–Crippen MR) is 64.5 cm³/mol. The van der Waals surface area contributed by atoms with Crippen LogP contribution in [0.5, 0.6) is 0 Å². The summed E-state index contributed by atoms with van der Waals surface area (Å²) in [4.78, 5) is 36.8. The maximum atomic E-state index is 12.3. The van der Waals surface area contributed by atoms with E-state index in [0.717, 1.165) is 12.8 Å². The zero-order valence-electron chi connectivity index (χ0n) is 10.6. The van der Waals surface area contributed by atoms with Gasteiger partial charge in [0.05, 0.1) is 5.92 Å². The van der Waals surface area contributed by atoms with E-state index >= 15 is 0 Å². The fraction of sp³-hybridized carbons (Fsp3) is 0.750. The molecule has 2 unspecified atom stereocenters. The molecule has 0 saturated carbocycles. The Labute approximate surface area is 106 Å². The number of piperidine rings is 1. The van der Waals surface area contributed by atoms with E-state index in [4.69, 9.17) is 0 Å². The van der Waals surface area contributed by atoms with Crippen LogP contribution in [0.2, 0.25) is 0 Å². The summed E-state index contributed by atoms with van der Waals surface area (Å²) in [5, 5.41) is 5.31. The number of hydrogen-bond donors (Lipinski definition) is 2. The molecule has 2 aliphatic rings. The van der Waals surface area contributed by atoms with Crippen molar-refractivity contribution in [3.05, 3.63) is 0 Å². The smallest absolute Gasteiger partial charge is 0.242 e. The fourth-order valence-corrected chi connectivity index (χ4v) is 2.65. The number of nitrogens with one attached hydrogen (secondary N) is 2. The molecule has 2 fully saturated rings. The predicted octanol–water partition coefficient (Wildman–Crippen LogP) is -0.750. The highest BCUT2D eigenvalue weighted by atomic mass is 16.2. The van der Waals surface area contributed by atoms with Crippen molar-refractivity contribution in [1.29, 1.82) is 0 Å². The van der Waals surface area contributed by atoms with Crippen molar-refractivity contribution < 1.29 is 14.4 Å². The Balaban J connectivity index is 1.99. The lowest BCUT2D eigenvalue weighted by molar-refractivity contribution is -0.142. The maximum absolute atomic E-state index is 12.3. The van der Waals surface area contributed by atoms with Crippen LogP contribution in [-0.2, 0) is 14.4 Å². The summed E-state index contributed by atoms with van der Waals surface area (Å²) in [5.41, 5.74) is 0. The minimum absolute atomic E-state index is 0.00102. The molecule has 2 saturated heterocycles. The molecule has 2 rings (SSSR count). The molecule has 0 aromatic heterocycles. The first-order valence-electron chi connectivity index (χ1n) is 6.42. The number of carbonyl (C=O) groups excluding carboxylic acids is 3. The first kappa shape index (κ1) is 12.9. The lowest BCUT2D eigenvalue weighted by Crippen LogP contribution is -2.50. The number of likely N-dealkylation sites (tertiary alicyclic amines) is 1. The number of hydrogen-bond acceptors (Lipinski definition) is 3. The highest BCUT2D eigenvalue weighted by molar-refractivity contribution is 5.90. The van der Waals surface area contributed by atoms with E-state index in [1.54, 1.807) is 11.9 Å². The molecular weight excluding hydrogens is 234 g/mol. The minimum Gasteiger partial charge on any atom is -0.357 e. The van der Waals surface area contributed by atoms with Crippen molar-refractivity contribution in [2.45, 2.75) is 31.7 Å².